The summed E-state index contributed by atoms with van der Waals surface area (Å²) in [6.07, 6.45) is 6.16. The Morgan fingerprint density at radius 1 is 0.733 bits per heavy atom. The summed E-state index contributed by atoms with van der Waals surface area (Å²) in [6, 6.07) is 32.3. The smallest absolute Gasteiger partial charge is 0.172 e. The van der Waals surface area contributed by atoms with Gasteiger partial charge in [0.2, 0.25) is 0 Å². The summed E-state index contributed by atoms with van der Waals surface area (Å²) >= 11 is 0. The Hall–Kier alpha value is -3.17. The molecular weight excluding hydrogens is 384 g/mol. The number of carbonyl (C=O) groups is 1. The van der Waals surface area contributed by atoms with Gasteiger partial charge < -0.3 is 4.74 Å². The molecule has 1 aliphatic carbocycles. The van der Waals surface area contributed by atoms with Gasteiger partial charge in [0, 0.05) is 18.9 Å². The molecule has 0 saturated heterocycles. The number of benzene rings is 3. The SMILES string of the molecule is O=C1C=C(OC/C=C/[Si](c2ccccc2)(c2ccccc2)c2ccccc2)CCC1. The van der Waals surface area contributed by atoms with Crippen LogP contribution < -0.4 is 15.6 Å². The fraction of sp³-hybridized carbons (Fsp3) is 0.148. The molecule has 0 amide bonds. The molecule has 3 aromatic rings. The van der Waals surface area contributed by atoms with Gasteiger partial charge in [-0.25, -0.2) is 0 Å². The minimum absolute atomic E-state index is 0.168. The van der Waals surface area contributed by atoms with Crippen LogP contribution in [0.5, 0.6) is 0 Å². The van der Waals surface area contributed by atoms with Crippen LogP contribution in [0.3, 0.4) is 0 Å². The third-order valence-electron chi connectivity index (χ3n) is 5.59. The average molecular weight is 411 g/mol. The van der Waals surface area contributed by atoms with Crippen molar-refractivity contribution in [1.82, 2.24) is 0 Å². The van der Waals surface area contributed by atoms with Crippen molar-refractivity contribution in [1.29, 1.82) is 0 Å². The summed E-state index contributed by atoms with van der Waals surface area (Å²) < 4.78 is 5.93. The summed E-state index contributed by atoms with van der Waals surface area (Å²) in [6.45, 7) is 0.473. The van der Waals surface area contributed by atoms with Crippen LogP contribution in [-0.2, 0) is 9.53 Å². The Morgan fingerprint density at radius 3 is 1.70 bits per heavy atom. The van der Waals surface area contributed by atoms with Gasteiger partial charge in [0.25, 0.3) is 0 Å². The van der Waals surface area contributed by atoms with Gasteiger partial charge >= 0.3 is 0 Å². The first-order valence-electron chi connectivity index (χ1n) is 10.5. The van der Waals surface area contributed by atoms with Crippen LogP contribution in [0.2, 0.25) is 0 Å². The van der Waals surface area contributed by atoms with Crippen molar-refractivity contribution >= 4 is 29.4 Å². The highest BCUT2D eigenvalue weighted by molar-refractivity contribution is 7.14. The average Bonchev–Trinajstić information content (AvgIpc) is 2.81. The molecule has 0 bridgehead atoms. The van der Waals surface area contributed by atoms with Crippen molar-refractivity contribution in [2.45, 2.75) is 19.3 Å². The van der Waals surface area contributed by atoms with E-state index in [-0.39, 0.29) is 5.78 Å². The number of allylic oxidation sites excluding steroid dienone is 2. The fourth-order valence-corrected chi connectivity index (χ4v) is 8.33. The predicted molar refractivity (Wildman–Crippen MR) is 126 cm³/mol. The van der Waals surface area contributed by atoms with Gasteiger partial charge in [-0.3, -0.25) is 4.79 Å². The van der Waals surface area contributed by atoms with E-state index in [9.17, 15) is 4.79 Å². The van der Waals surface area contributed by atoms with E-state index in [1.807, 2.05) is 0 Å². The molecule has 4 rings (SSSR count). The molecule has 30 heavy (non-hydrogen) atoms. The van der Waals surface area contributed by atoms with Crippen LogP contribution in [0.1, 0.15) is 19.3 Å². The first-order valence-corrected chi connectivity index (χ1v) is 12.6. The lowest BCUT2D eigenvalue weighted by Gasteiger charge is -2.30. The molecule has 3 heteroatoms. The summed E-state index contributed by atoms with van der Waals surface area (Å²) in [5, 5.41) is 4.02. The summed E-state index contributed by atoms with van der Waals surface area (Å²) in [5.74, 6) is 0.976. The Labute approximate surface area is 179 Å². The lowest BCUT2D eigenvalue weighted by Crippen LogP contribution is -2.66. The molecule has 0 radical (unpaired) electrons. The minimum Gasteiger partial charge on any atom is -0.494 e. The molecule has 0 fully saturated rings. The van der Waals surface area contributed by atoms with Crippen molar-refractivity contribution in [3.05, 3.63) is 115 Å². The Bertz CT molecular complexity index is 928. The molecule has 0 saturated carbocycles. The zero-order valence-electron chi connectivity index (χ0n) is 17.0. The second-order valence-electron chi connectivity index (χ2n) is 7.55. The Morgan fingerprint density at radius 2 is 1.23 bits per heavy atom. The highest BCUT2D eigenvalue weighted by Crippen LogP contribution is 2.16. The molecule has 150 valence electrons. The van der Waals surface area contributed by atoms with Gasteiger partial charge in [0.05, 0.1) is 5.76 Å². The summed E-state index contributed by atoms with van der Waals surface area (Å²) in [7, 11) is -2.37. The van der Waals surface area contributed by atoms with Crippen LogP contribution in [-0.4, -0.2) is 20.5 Å². The molecule has 0 spiro atoms. The number of hydrogen-bond donors (Lipinski definition) is 0. The zero-order chi connectivity index (χ0) is 20.7. The standard InChI is InChI=1S/C27H26O2Si/c28-23-12-10-13-24(22-23)29-20-11-21-30(25-14-4-1-5-15-25,26-16-6-2-7-17-26)27-18-8-3-9-19-27/h1-9,11,14-19,21-22H,10,12-13,20H2/b21-11+. The van der Waals surface area contributed by atoms with Crippen molar-refractivity contribution in [2.24, 2.45) is 0 Å². The topological polar surface area (TPSA) is 26.3 Å². The molecule has 0 aromatic heterocycles. The van der Waals surface area contributed by atoms with Gasteiger partial charge in [0.1, 0.15) is 6.61 Å². The second kappa shape index (κ2) is 9.55. The van der Waals surface area contributed by atoms with Gasteiger partial charge in [0.15, 0.2) is 13.9 Å². The fourth-order valence-electron chi connectivity index (χ4n) is 4.15. The van der Waals surface area contributed by atoms with Crippen molar-refractivity contribution < 1.29 is 9.53 Å². The maximum atomic E-state index is 11.7. The van der Waals surface area contributed by atoms with E-state index in [0.717, 1.165) is 18.6 Å². The molecular formula is C27H26O2Si. The van der Waals surface area contributed by atoms with Gasteiger partial charge in [-0.1, -0.05) is 103 Å². The van der Waals surface area contributed by atoms with Crippen molar-refractivity contribution in [3.8, 4) is 0 Å². The minimum atomic E-state index is -2.37. The number of rotatable bonds is 7. The zero-order valence-corrected chi connectivity index (χ0v) is 18.0. The molecule has 0 heterocycles. The van der Waals surface area contributed by atoms with Gasteiger partial charge in [-0.2, -0.15) is 0 Å². The van der Waals surface area contributed by atoms with E-state index >= 15 is 0 Å². The van der Waals surface area contributed by atoms with Gasteiger partial charge in [-0.05, 0) is 22.0 Å². The monoisotopic (exact) mass is 410 g/mol. The molecule has 0 aliphatic heterocycles. The third-order valence-corrected chi connectivity index (χ3v) is 10.1. The maximum Gasteiger partial charge on any atom is 0.172 e. The molecule has 1 aliphatic rings. The van der Waals surface area contributed by atoms with E-state index in [2.05, 4.69) is 103 Å². The molecule has 0 unspecified atom stereocenters. The van der Waals surface area contributed by atoms with Crippen LogP contribution >= 0.6 is 0 Å². The second-order valence-corrected chi connectivity index (χ2v) is 11.2. The lowest BCUT2D eigenvalue weighted by molar-refractivity contribution is -0.115. The molecule has 0 N–H and O–H groups in total. The van der Waals surface area contributed by atoms with Crippen molar-refractivity contribution in [2.75, 3.05) is 6.61 Å². The summed E-state index contributed by atoms with van der Waals surface area (Å²) in [5.41, 5.74) is 2.37. The predicted octanol–water partition coefficient (Wildman–Crippen LogP) is 3.91. The number of ketones is 1. The van der Waals surface area contributed by atoms with Crippen LogP contribution in [0.4, 0.5) is 0 Å². The third kappa shape index (κ3) is 4.36. The maximum absolute atomic E-state index is 11.7. The van der Waals surface area contributed by atoms with E-state index in [0.29, 0.717) is 13.0 Å². The number of hydrogen-bond acceptors (Lipinski definition) is 2. The highest BCUT2D eigenvalue weighted by Gasteiger charge is 2.36. The lowest BCUT2D eigenvalue weighted by atomic mass is 10.1. The Balaban J connectivity index is 1.74. The van der Waals surface area contributed by atoms with Crippen LogP contribution in [0.25, 0.3) is 0 Å². The normalized spacial score (nSPS) is 14.5. The van der Waals surface area contributed by atoms with E-state index in [1.165, 1.54) is 15.6 Å². The molecule has 3 aromatic carbocycles. The Kier molecular flexibility index (Phi) is 6.40. The van der Waals surface area contributed by atoms with Crippen LogP contribution in [0, 0.1) is 0 Å². The molecule has 2 nitrogen and oxygen atoms in total. The van der Waals surface area contributed by atoms with Crippen molar-refractivity contribution in [3.63, 3.8) is 0 Å². The van der Waals surface area contributed by atoms with E-state index < -0.39 is 8.07 Å². The van der Waals surface area contributed by atoms with Crippen LogP contribution in [0.15, 0.2) is 115 Å². The van der Waals surface area contributed by atoms with E-state index in [4.69, 9.17) is 4.74 Å². The largest absolute Gasteiger partial charge is 0.494 e. The molecule has 0 atom stereocenters. The number of carbonyl (C=O) groups excluding carboxylic acids is 1. The summed E-state index contributed by atoms with van der Waals surface area (Å²) in [4.78, 5) is 11.7. The highest BCUT2D eigenvalue weighted by atomic mass is 28.3. The number of ether oxygens (including phenoxy) is 1. The quantitative estimate of drug-likeness (QED) is 0.436. The van der Waals surface area contributed by atoms with Gasteiger partial charge in [-0.15, -0.1) is 0 Å². The van der Waals surface area contributed by atoms with E-state index in [1.54, 1.807) is 6.08 Å². The first-order chi connectivity index (χ1) is 14.8. The first kappa shape index (κ1) is 20.1.